The SMILES string of the molecule is CC1CCCC(NC(=O)CN2CCN(CCCOCC(F)(F)F)CC2)C1C. The lowest BCUT2D eigenvalue weighted by Gasteiger charge is -2.36. The molecule has 1 amide bonds. The molecule has 5 nitrogen and oxygen atoms in total. The van der Waals surface area contributed by atoms with Gasteiger partial charge in [0.15, 0.2) is 0 Å². The average Bonchev–Trinajstić information content (AvgIpc) is 2.59. The van der Waals surface area contributed by atoms with Crippen LogP contribution in [0.15, 0.2) is 0 Å². The number of ether oxygens (including phenoxy) is 1. The van der Waals surface area contributed by atoms with Crippen LogP contribution in [-0.2, 0) is 9.53 Å². The molecule has 1 saturated heterocycles. The highest BCUT2D eigenvalue weighted by Gasteiger charge is 2.29. The maximum atomic E-state index is 12.4. The molecule has 3 unspecified atom stereocenters. The van der Waals surface area contributed by atoms with E-state index in [9.17, 15) is 18.0 Å². The van der Waals surface area contributed by atoms with Crippen molar-refractivity contribution < 1.29 is 22.7 Å². The first-order valence-corrected chi connectivity index (χ1v) is 10.1. The van der Waals surface area contributed by atoms with Crippen LogP contribution in [0.5, 0.6) is 0 Å². The van der Waals surface area contributed by atoms with E-state index in [1.165, 1.54) is 12.8 Å². The van der Waals surface area contributed by atoms with Gasteiger partial charge in [0.1, 0.15) is 6.61 Å². The van der Waals surface area contributed by atoms with E-state index in [0.29, 0.717) is 30.8 Å². The number of hydrogen-bond acceptors (Lipinski definition) is 4. The summed E-state index contributed by atoms with van der Waals surface area (Å²) in [6.07, 6.45) is -0.159. The standard InChI is InChI=1S/C19H34F3N3O2/c1-15-5-3-6-17(16(15)2)23-18(26)13-25-10-8-24(9-11-25)7-4-12-27-14-19(20,21)22/h15-17H,3-14H2,1-2H3,(H,23,26). The van der Waals surface area contributed by atoms with E-state index in [2.05, 4.69) is 33.7 Å². The van der Waals surface area contributed by atoms with Gasteiger partial charge in [-0.15, -0.1) is 0 Å². The molecule has 27 heavy (non-hydrogen) atoms. The number of carbonyl (C=O) groups excluding carboxylic acids is 1. The minimum Gasteiger partial charge on any atom is -0.372 e. The lowest BCUT2D eigenvalue weighted by atomic mass is 9.78. The molecule has 1 aliphatic carbocycles. The van der Waals surface area contributed by atoms with Crippen molar-refractivity contribution in [3.05, 3.63) is 0 Å². The predicted molar refractivity (Wildman–Crippen MR) is 98.5 cm³/mol. The number of carbonyl (C=O) groups is 1. The van der Waals surface area contributed by atoms with Crippen LogP contribution in [0.4, 0.5) is 13.2 Å². The largest absolute Gasteiger partial charge is 0.411 e. The Bertz CT molecular complexity index is 454. The third-order valence-electron chi connectivity index (χ3n) is 5.91. The zero-order valence-corrected chi connectivity index (χ0v) is 16.6. The van der Waals surface area contributed by atoms with Gasteiger partial charge in [-0.3, -0.25) is 9.69 Å². The Kier molecular flexibility index (Phi) is 8.82. The molecule has 1 aliphatic heterocycles. The molecule has 2 fully saturated rings. The molecule has 1 heterocycles. The Morgan fingerprint density at radius 2 is 1.78 bits per heavy atom. The summed E-state index contributed by atoms with van der Waals surface area (Å²) in [6, 6.07) is 0.291. The van der Waals surface area contributed by atoms with E-state index in [-0.39, 0.29) is 12.5 Å². The van der Waals surface area contributed by atoms with Crippen molar-refractivity contribution in [2.75, 3.05) is 52.5 Å². The molecule has 0 bridgehead atoms. The van der Waals surface area contributed by atoms with Crippen LogP contribution in [0.1, 0.15) is 39.5 Å². The first kappa shape index (κ1) is 22.4. The maximum absolute atomic E-state index is 12.4. The van der Waals surface area contributed by atoms with Crippen LogP contribution in [0.3, 0.4) is 0 Å². The molecule has 8 heteroatoms. The van der Waals surface area contributed by atoms with Crippen molar-refractivity contribution in [3.63, 3.8) is 0 Å². The van der Waals surface area contributed by atoms with Gasteiger partial charge in [-0.1, -0.05) is 26.7 Å². The van der Waals surface area contributed by atoms with E-state index in [1.807, 2.05) is 0 Å². The molecule has 1 saturated carbocycles. The normalized spacial score (nSPS) is 28.3. The van der Waals surface area contributed by atoms with Gasteiger partial charge < -0.3 is 15.0 Å². The van der Waals surface area contributed by atoms with Gasteiger partial charge in [-0.25, -0.2) is 0 Å². The van der Waals surface area contributed by atoms with Crippen LogP contribution in [0.2, 0.25) is 0 Å². The molecule has 0 aromatic heterocycles. The third-order valence-corrected chi connectivity index (χ3v) is 5.91. The Balaban J connectivity index is 1.57. The van der Waals surface area contributed by atoms with Gasteiger partial charge in [-0.2, -0.15) is 13.2 Å². The molecule has 0 spiro atoms. The molecule has 2 rings (SSSR count). The highest BCUT2D eigenvalue weighted by molar-refractivity contribution is 5.78. The Morgan fingerprint density at radius 3 is 2.44 bits per heavy atom. The second-order valence-corrected chi connectivity index (χ2v) is 8.08. The third kappa shape index (κ3) is 8.35. The van der Waals surface area contributed by atoms with Gasteiger partial charge >= 0.3 is 6.18 Å². The second-order valence-electron chi connectivity index (χ2n) is 8.08. The van der Waals surface area contributed by atoms with Crippen molar-refractivity contribution in [3.8, 4) is 0 Å². The minimum atomic E-state index is -4.25. The monoisotopic (exact) mass is 393 g/mol. The average molecular weight is 393 g/mol. The van der Waals surface area contributed by atoms with Gasteiger partial charge in [0.2, 0.25) is 5.91 Å². The first-order valence-electron chi connectivity index (χ1n) is 10.1. The molecule has 1 N–H and O–H groups in total. The molecule has 158 valence electrons. The number of nitrogens with zero attached hydrogens (tertiary/aromatic N) is 2. The van der Waals surface area contributed by atoms with Crippen molar-refractivity contribution in [1.82, 2.24) is 15.1 Å². The predicted octanol–water partition coefficient (Wildman–Crippen LogP) is 2.51. The van der Waals surface area contributed by atoms with E-state index in [4.69, 9.17) is 0 Å². The maximum Gasteiger partial charge on any atom is 0.411 e. The number of nitrogens with one attached hydrogen (secondary N) is 1. The fourth-order valence-corrected chi connectivity index (χ4v) is 3.99. The lowest BCUT2D eigenvalue weighted by molar-refractivity contribution is -0.174. The van der Waals surface area contributed by atoms with Crippen LogP contribution in [0, 0.1) is 11.8 Å². The molecular weight excluding hydrogens is 359 g/mol. The van der Waals surface area contributed by atoms with Crippen molar-refractivity contribution in [2.24, 2.45) is 11.8 Å². The van der Waals surface area contributed by atoms with Gasteiger partial charge in [0.25, 0.3) is 0 Å². The van der Waals surface area contributed by atoms with Crippen LogP contribution < -0.4 is 5.32 Å². The summed E-state index contributed by atoms with van der Waals surface area (Å²) in [5, 5.41) is 3.22. The molecular formula is C19H34F3N3O2. The number of amides is 1. The topological polar surface area (TPSA) is 44.8 Å². The molecule has 0 aromatic rings. The summed E-state index contributed by atoms with van der Waals surface area (Å²) in [5.74, 6) is 1.29. The summed E-state index contributed by atoms with van der Waals surface area (Å²) < 4.78 is 40.6. The summed E-state index contributed by atoms with van der Waals surface area (Å²) in [7, 11) is 0. The molecule has 3 atom stereocenters. The Labute approximate surface area is 160 Å². The second kappa shape index (κ2) is 10.6. The van der Waals surface area contributed by atoms with E-state index >= 15 is 0 Å². The summed E-state index contributed by atoms with van der Waals surface area (Å²) in [6.45, 7) is 7.90. The smallest absolute Gasteiger partial charge is 0.372 e. The Morgan fingerprint density at radius 1 is 1.11 bits per heavy atom. The van der Waals surface area contributed by atoms with Crippen molar-refractivity contribution >= 4 is 5.91 Å². The number of alkyl halides is 3. The van der Waals surface area contributed by atoms with Crippen LogP contribution in [0.25, 0.3) is 0 Å². The van der Waals surface area contributed by atoms with E-state index in [1.54, 1.807) is 0 Å². The van der Waals surface area contributed by atoms with E-state index in [0.717, 1.165) is 39.1 Å². The molecule has 0 radical (unpaired) electrons. The summed E-state index contributed by atoms with van der Waals surface area (Å²) in [4.78, 5) is 16.7. The summed E-state index contributed by atoms with van der Waals surface area (Å²) >= 11 is 0. The zero-order valence-electron chi connectivity index (χ0n) is 16.6. The number of piperazine rings is 1. The fraction of sp³-hybridized carbons (Fsp3) is 0.947. The minimum absolute atomic E-state index is 0.106. The van der Waals surface area contributed by atoms with Gasteiger partial charge in [0.05, 0.1) is 6.54 Å². The first-order chi connectivity index (χ1) is 12.7. The fourth-order valence-electron chi connectivity index (χ4n) is 3.99. The van der Waals surface area contributed by atoms with Crippen molar-refractivity contribution in [1.29, 1.82) is 0 Å². The van der Waals surface area contributed by atoms with Crippen molar-refractivity contribution in [2.45, 2.75) is 51.7 Å². The van der Waals surface area contributed by atoms with Gasteiger partial charge in [-0.05, 0) is 24.7 Å². The zero-order chi connectivity index (χ0) is 19.9. The number of halogens is 3. The Hall–Kier alpha value is -0.860. The van der Waals surface area contributed by atoms with Gasteiger partial charge in [0, 0.05) is 45.4 Å². The summed E-state index contributed by atoms with van der Waals surface area (Å²) in [5.41, 5.74) is 0. The highest BCUT2D eigenvalue weighted by Crippen LogP contribution is 2.29. The van der Waals surface area contributed by atoms with Crippen LogP contribution in [-0.4, -0.2) is 80.4 Å². The molecule has 2 aliphatic rings. The lowest BCUT2D eigenvalue weighted by Crippen LogP contribution is -2.52. The number of rotatable bonds is 8. The highest BCUT2D eigenvalue weighted by atomic mass is 19.4. The molecule has 0 aromatic carbocycles. The van der Waals surface area contributed by atoms with Crippen LogP contribution >= 0.6 is 0 Å². The number of hydrogen-bond donors (Lipinski definition) is 1. The van der Waals surface area contributed by atoms with E-state index < -0.39 is 12.8 Å². The quantitative estimate of drug-likeness (QED) is 0.644.